The summed E-state index contributed by atoms with van der Waals surface area (Å²) in [5, 5.41) is 10.4. The van der Waals surface area contributed by atoms with E-state index in [0.29, 0.717) is 24.1 Å². The number of carbonyl (C=O) groups is 3. The van der Waals surface area contributed by atoms with Gasteiger partial charge < -0.3 is 14.9 Å². The van der Waals surface area contributed by atoms with E-state index in [-0.39, 0.29) is 47.8 Å². The summed E-state index contributed by atoms with van der Waals surface area (Å²) >= 11 is 0.912. The van der Waals surface area contributed by atoms with E-state index in [1.54, 1.807) is 41.3 Å². The lowest BCUT2D eigenvalue weighted by Crippen LogP contribution is -2.54. The number of aliphatic hydroxyl groups excluding tert-OH is 1. The molecule has 0 radical (unpaired) electrons. The Kier molecular flexibility index (Phi) is 8.02. The van der Waals surface area contributed by atoms with E-state index in [1.807, 2.05) is 26.0 Å². The van der Waals surface area contributed by atoms with Crippen LogP contribution in [0.3, 0.4) is 0 Å². The number of aliphatic hydroxyl groups is 1. The van der Waals surface area contributed by atoms with Crippen molar-refractivity contribution in [1.82, 2.24) is 14.8 Å². The van der Waals surface area contributed by atoms with Gasteiger partial charge in [0.1, 0.15) is 6.04 Å². The number of aromatic nitrogens is 1. The molecule has 7 nitrogen and oxygen atoms in total. The minimum absolute atomic E-state index is 0.0124. The van der Waals surface area contributed by atoms with Crippen LogP contribution in [-0.4, -0.2) is 62.2 Å². The van der Waals surface area contributed by atoms with Gasteiger partial charge in [-0.05, 0) is 35.1 Å². The van der Waals surface area contributed by atoms with Gasteiger partial charge in [-0.25, -0.2) is 4.98 Å². The monoisotopic (exact) mass is 585 g/mol. The molecule has 216 valence electrons. The number of β-amino-alcohol motifs (C(OH)–C–C–N with tert-alkyl or cyclic N) is 1. The lowest BCUT2D eigenvalue weighted by atomic mass is 9.98. The highest BCUT2D eigenvalue weighted by Crippen LogP contribution is 2.38. The lowest BCUT2D eigenvalue weighted by molar-refractivity contribution is -0.143. The highest BCUT2D eigenvalue weighted by atomic mass is 32.1. The average Bonchev–Trinajstić information content (AvgIpc) is 3.65. The number of rotatable bonds is 8. The fourth-order valence-electron chi connectivity index (χ4n) is 5.72. The Bertz CT molecular complexity index is 1450. The largest absolute Gasteiger partial charge is 0.434 e. The fraction of sp³-hybridized carbons (Fsp3) is 0.400. The number of ketones is 1. The molecule has 0 aliphatic carbocycles. The molecule has 2 amide bonds. The van der Waals surface area contributed by atoms with Crippen LogP contribution in [0, 0.1) is 5.92 Å². The van der Waals surface area contributed by atoms with Gasteiger partial charge in [0.25, 0.3) is 5.91 Å². The summed E-state index contributed by atoms with van der Waals surface area (Å²) in [6, 6.07) is 12.2. The third-order valence-corrected chi connectivity index (χ3v) is 8.59. The van der Waals surface area contributed by atoms with E-state index < -0.39 is 30.1 Å². The van der Waals surface area contributed by atoms with Crippen LogP contribution < -0.4 is 0 Å². The second kappa shape index (κ2) is 11.4. The van der Waals surface area contributed by atoms with Crippen LogP contribution in [0.15, 0.2) is 54.0 Å². The fourth-order valence-corrected chi connectivity index (χ4v) is 6.54. The van der Waals surface area contributed by atoms with Gasteiger partial charge in [0.15, 0.2) is 11.5 Å². The second-order valence-electron chi connectivity index (χ2n) is 10.9. The van der Waals surface area contributed by atoms with Gasteiger partial charge in [0, 0.05) is 31.5 Å². The molecule has 1 aromatic heterocycles. The lowest BCUT2D eigenvalue weighted by Gasteiger charge is -2.35. The summed E-state index contributed by atoms with van der Waals surface area (Å²) in [5.74, 6) is -1.01. The van der Waals surface area contributed by atoms with Crippen molar-refractivity contribution in [3.63, 3.8) is 0 Å². The number of hydrogen-bond acceptors (Lipinski definition) is 6. The molecule has 3 heterocycles. The minimum Gasteiger partial charge on any atom is -0.391 e. The number of aryl methyl sites for hydroxylation is 1. The molecule has 0 saturated carbocycles. The van der Waals surface area contributed by atoms with Crippen LogP contribution in [0.2, 0.25) is 0 Å². The number of carbonyl (C=O) groups excluding carboxylic acids is 3. The van der Waals surface area contributed by atoms with Crippen LogP contribution in [-0.2, 0) is 28.7 Å². The molecule has 2 aliphatic heterocycles. The molecular formula is C30H30F3N3O4S. The quantitative estimate of drug-likeness (QED) is 0.403. The van der Waals surface area contributed by atoms with Crippen molar-refractivity contribution >= 4 is 28.9 Å². The topological polar surface area (TPSA) is 90.8 Å². The van der Waals surface area contributed by atoms with Crippen molar-refractivity contribution in [2.75, 3.05) is 6.54 Å². The first-order chi connectivity index (χ1) is 19.5. The Morgan fingerprint density at radius 3 is 2.49 bits per heavy atom. The summed E-state index contributed by atoms with van der Waals surface area (Å²) in [6.07, 6.45) is -4.86. The van der Waals surface area contributed by atoms with Crippen molar-refractivity contribution in [2.45, 2.75) is 64.0 Å². The minimum atomic E-state index is -4.55. The first-order valence-corrected chi connectivity index (χ1v) is 14.3. The summed E-state index contributed by atoms with van der Waals surface area (Å²) in [5.41, 5.74) is 2.81. The van der Waals surface area contributed by atoms with Crippen LogP contribution in [0.25, 0.3) is 10.4 Å². The number of alkyl halides is 3. The Morgan fingerprint density at radius 2 is 1.83 bits per heavy atom. The Labute approximate surface area is 239 Å². The molecule has 2 aromatic carbocycles. The number of thiazole rings is 1. The zero-order chi connectivity index (χ0) is 29.5. The Morgan fingerprint density at radius 1 is 1.12 bits per heavy atom. The Balaban J connectivity index is 1.26. The third kappa shape index (κ3) is 5.78. The third-order valence-electron chi connectivity index (χ3n) is 7.72. The van der Waals surface area contributed by atoms with Gasteiger partial charge >= 0.3 is 6.18 Å². The number of fused-ring (bicyclic) bond motifs is 1. The van der Waals surface area contributed by atoms with Crippen LogP contribution >= 0.6 is 11.3 Å². The number of benzene rings is 2. The van der Waals surface area contributed by atoms with Gasteiger partial charge in [-0.15, -0.1) is 11.3 Å². The molecule has 11 heteroatoms. The van der Waals surface area contributed by atoms with Gasteiger partial charge in [-0.3, -0.25) is 14.4 Å². The van der Waals surface area contributed by atoms with Gasteiger partial charge in [-0.2, -0.15) is 13.2 Å². The maximum Gasteiger partial charge on any atom is 0.434 e. The molecule has 3 aromatic rings. The summed E-state index contributed by atoms with van der Waals surface area (Å²) in [7, 11) is 0. The van der Waals surface area contributed by atoms with E-state index >= 15 is 0 Å². The molecule has 5 rings (SSSR count). The van der Waals surface area contributed by atoms with E-state index in [0.717, 1.165) is 28.0 Å². The number of nitrogens with zero attached hydrogens (tertiary/aromatic N) is 3. The molecule has 1 fully saturated rings. The first kappa shape index (κ1) is 28.9. The highest BCUT2D eigenvalue weighted by Gasteiger charge is 2.45. The smallest absolute Gasteiger partial charge is 0.391 e. The van der Waals surface area contributed by atoms with Crippen molar-refractivity contribution in [2.24, 2.45) is 5.92 Å². The van der Waals surface area contributed by atoms with Crippen molar-refractivity contribution in [3.05, 3.63) is 76.4 Å². The molecule has 1 saturated heterocycles. The van der Waals surface area contributed by atoms with Crippen molar-refractivity contribution in [3.8, 4) is 10.4 Å². The summed E-state index contributed by atoms with van der Waals surface area (Å²) in [4.78, 5) is 46.8. The predicted octanol–water partition coefficient (Wildman–Crippen LogP) is 4.97. The van der Waals surface area contributed by atoms with Crippen LogP contribution in [0.5, 0.6) is 0 Å². The molecule has 2 aliphatic rings. The van der Waals surface area contributed by atoms with Crippen LogP contribution in [0.4, 0.5) is 13.2 Å². The van der Waals surface area contributed by atoms with Gasteiger partial charge in [0.05, 0.1) is 22.5 Å². The van der Waals surface area contributed by atoms with Crippen LogP contribution in [0.1, 0.15) is 53.9 Å². The standard InChI is InChI=1S/C30H30F3N3O4S/c1-17(2)25(36-14-20-5-3-4-6-22(20)28(36)39)29(40)35-15-21(37)13-23(35)24(38)12-9-18-7-10-19(11-8-18)26-27(30(31,32)33)34-16-41-26/h3-8,10-11,16-17,21,23,25,37H,9,12-15H2,1-2H3/t21-,23+,25+/m1/s1. The SMILES string of the molecule is CC(C)[C@@H](C(=O)N1C[C@H](O)C[C@H]1C(=O)CCc1ccc(-c2scnc2C(F)(F)F)cc1)N1Cc2ccccc2C1=O. The number of halogens is 3. The number of likely N-dealkylation sites (tertiary alicyclic amines) is 1. The van der Waals surface area contributed by atoms with E-state index in [1.165, 1.54) is 4.90 Å². The number of Topliss-reactive ketones (excluding diaryl/α,β-unsaturated/α-hetero) is 1. The zero-order valence-electron chi connectivity index (χ0n) is 22.6. The van der Waals surface area contributed by atoms with Gasteiger partial charge in [0.2, 0.25) is 5.91 Å². The van der Waals surface area contributed by atoms with E-state index in [9.17, 15) is 32.7 Å². The van der Waals surface area contributed by atoms with Crippen molar-refractivity contribution < 1.29 is 32.7 Å². The highest BCUT2D eigenvalue weighted by molar-refractivity contribution is 7.13. The molecule has 41 heavy (non-hydrogen) atoms. The first-order valence-electron chi connectivity index (χ1n) is 13.5. The average molecular weight is 586 g/mol. The molecule has 0 unspecified atom stereocenters. The number of hydrogen-bond donors (Lipinski definition) is 1. The maximum atomic E-state index is 13.8. The second-order valence-corrected chi connectivity index (χ2v) is 11.7. The zero-order valence-corrected chi connectivity index (χ0v) is 23.4. The van der Waals surface area contributed by atoms with E-state index in [2.05, 4.69) is 4.98 Å². The van der Waals surface area contributed by atoms with Gasteiger partial charge in [-0.1, -0.05) is 56.3 Å². The normalized spacial score (nSPS) is 19.6. The Hall–Kier alpha value is -3.57. The predicted molar refractivity (Wildman–Crippen MR) is 147 cm³/mol. The number of amides is 2. The maximum absolute atomic E-state index is 13.8. The van der Waals surface area contributed by atoms with Crippen molar-refractivity contribution in [1.29, 1.82) is 0 Å². The summed E-state index contributed by atoms with van der Waals surface area (Å²) < 4.78 is 39.7. The van der Waals surface area contributed by atoms with E-state index in [4.69, 9.17) is 0 Å². The molecule has 0 spiro atoms. The molecular weight excluding hydrogens is 555 g/mol. The molecule has 1 N–H and O–H groups in total. The molecule has 3 atom stereocenters. The molecule has 0 bridgehead atoms. The summed E-state index contributed by atoms with van der Waals surface area (Å²) in [6.45, 7) is 4.03.